The standard InChI is InChI=1S/C22H24N4O3/c1-15-6-2-3-7-17(15)24-21(28)20(27)23-14-16-10-12-26(13-11-16)22-25-18-8-4-5-9-19(18)29-22/h2-9,16H,10-14H2,1H3,(H,23,27)(H,24,28). The normalized spacial score (nSPS) is 14.7. The summed E-state index contributed by atoms with van der Waals surface area (Å²) in [7, 11) is 0. The van der Waals surface area contributed by atoms with Gasteiger partial charge in [0.15, 0.2) is 5.58 Å². The first-order valence-corrected chi connectivity index (χ1v) is 9.85. The molecule has 0 saturated carbocycles. The first-order valence-electron chi connectivity index (χ1n) is 9.85. The van der Waals surface area contributed by atoms with E-state index >= 15 is 0 Å². The van der Waals surface area contributed by atoms with E-state index in [0.717, 1.165) is 42.6 Å². The molecule has 2 aromatic carbocycles. The Morgan fingerprint density at radius 1 is 1.07 bits per heavy atom. The van der Waals surface area contributed by atoms with Crippen LogP contribution in [0.1, 0.15) is 18.4 Å². The highest BCUT2D eigenvalue weighted by Gasteiger charge is 2.24. The number of carbonyl (C=O) groups is 2. The van der Waals surface area contributed by atoms with Gasteiger partial charge < -0.3 is 20.0 Å². The van der Waals surface area contributed by atoms with E-state index in [9.17, 15) is 9.59 Å². The maximum atomic E-state index is 12.1. The number of aryl methyl sites for hydroxylation is 1. The molecule has 1 aromatic heterocycles. The van der Waals surface area contributed by atoms with E-state index in [-0.39, 0.29) is 0 Å². The average molecular weight is 392 g/mol. The summed E-state index contributed by atoms with van der Waals surface area (Å²) in [6.07, 6.45) is 1.80. The van der Waals surface area contributed by atoms with Crippen molar-refractivity contribution in [2.24, 2.45) is 5.92 Å². The SMILES string of the molecule is Cc1ccccc1NC(=O)C(=O)NCC1CCN(c2nc3ccccc3o2)CC1. The second-order valence-corrected chi connectivity index (χ2v) is 7.37. The number of amides is 2. The van der Waals surface area contributed by atoms with Crippen LogP contribution in [-0.2, 0) is 9.59 Å². The number of carbonyl (C=O) groups excluding carboxylic acids is 2. The lowest BCUT2D eigenvalue weighted by molar-refractivity contribution is -0.136. The smallest absolute Gasteiger partial charge is 0.313 e. The fourth-order valence-electron chi connectivity index (χ4n) is 3.53. The number of hydrogen-bond acceptors (Lipinski definition) is 5. The number of rotatable bonds is 4. The molecule has 29 heavy (non-hydrogen) atoms. The summed E-state index contributed by atoms with van der Waals surface area (Å²) in [6, 6.07) is 15.7. The molecule has 1 fully saturated rings. The quantitative estimate of drug-likeness (QED) is 0.666. The largest absolute Gasteiger partial charge is 0.423 e. The maximum absolute atomic E-state index is 12.1. The second kappa shape index (κ2) is 8.34. The summed E-state index contributed by atoms with van der Waals surface area (Å²) in [6.45, 7) is 3.99. The van der Waals surface area contributed by atoms with Crippen molar-refractivity contribution < 1.29 is 14.0 Å². The average Bonchev–Trinajstić information content (AvgIpc) is 3.18. The van der Waals surface area contributed by atoms with Gasteiger partial charge in [-0.05, 0) is 49.4 Å². The van der Waals surface area contributed by atoms with E-state index in [1.807, 2.05) is 49.4 Å². The molecule has 2 amide bonds. The summed E-state index contributed by atoms with van der Waals surface area (Å²) in [5.41, 5.74) is 3.22. The van der Waals surface area contributed by atoms with E-state index in [1.165, 1.54) is 0 Å². The first-order chi connectivity index (χ1) is 14.1. The van der Waals surface area contributed by atoms with Gasteiger partial charge in [-0.15, -0.1) is 0 Å². The lowest BCUT2D eigenvalue weighted by Crippen LogP contribution is -2.42. The minimum atomic E-state index is -0.636. The Morgan fingerprint density at radius 2 is 1.79 bits per heavy atom. The van der Waals surface area contributed by atoms with Crippen molar-refractivity contribution in [1.82, 2.24) is 10.3 Å². The van der Waals surface area contributed by atoms with Crippen molar-refractivity contribution >= 4 is 34.6 Å². The van der Waals surface area contributed by atoms with Gasteiger partial charge in [-0.1, -0.05) is 30.3 Å². The van der Waals surface area contributed by atoms with Crippen LogP contribution >= 0.6 is 0 Å². The molecule has 1 aliphatic heterocycles. The van der Waals surface area contributed by atoms with Crippen molar-refractivity contribution in [3.63, 3.8) is 0 Å². The van der Waals surface area contributed by atoms with Crippen molar-refractivity contribution in [1.29, 1.82) is 0 Å². The number of nitrogens with one attached hydrogen (secondary N) is 2. The molecule has 2 N–H and O–H groups in total. The summed E-state index contributed by atoms with van der Waals surface area (Å²) in [5, 5.41) is 5.42. The fourth-order valence-corrected chi connectivity index (χ4v) is 3.53. The number of anilines is 2. The van der Waals surface area contributed by atoms with Crippen LogP contribution in [0.25, 0.3) is 11.1 Å². The van der Waals surface area contributed by atoms with E-state index in [0.29, 0.717) is 24.2 Å². The second-order valence-electron chi connectivity index (χ2n) is 7.37. The Labute approximate surface area is 169 Å². The van der Waals surface area contributed by atoms with Gasteiger partial charge >= 0.3 is 11.8 Å². The molecule has 0 radical (unpaired) electrons. The van der Waals surface area contributed by atoms with Gasteiger partial charge in [0.2, 0.25) is 0 Å². The third kappa shape index (κ3) is 4.39. The number of hydrogen-bond donors (Lipinski definition) is 2. The molecule has 3 aromatic rings. The Morgan fingerprint density at radius 3 is 2.55 bits per heavy atom. The van der Waals surface area contributed by atoms with Crippen molar-refractivity contribution in [2.75, 3.05) is 29.9 Å². The van der Waals surface area contributed by atoms with Crippen molar-refractivity contribution in [2.45, 2.75) is 19.8 Å². The summed E-state index contributed by atoms with van der Waals surface area (Å²) in [5.74, 6) is -0.913. The molecule has 0 aliphatic carbocycles. The molecular weight excluding hydrogens is 368 g/mol. The number of piperidine rings is 1. The maximum Gasteiger partial charge on any atom is 0.313 e. The molecule has 7 heteroatoms. The molecule has 1 saturated heterocycles. The highest BCUT2D eigenvalue weighted by molar-refractivity contribution is 6.39. The van der Waals surface area contributed by atoms with Gasteiger partial charge in [0.25, 0.3) is 6.01 Å². The fraction of sp³-hybridized carbons (Fsp3) is 0.318. The van der Waals surface area contributed by atoms with Crippen LogP contribution in [-0.4, -0.2) is 36.4 Å². The Kier molecular flexibility index (Phi) is 5.46. The molecule has 150 valence electrons. The molecule has 0 atom stereocenters. The lowest BCUT2D eigenvalue weighted by atomic mass is 9.97. The topological polar surface area (TPSA) is 87.5 Å². The zero-order valence-corrected chi connectivity index (χ0v) is 16.4. The van der Waals surface area contributed by atoms with Crippen LogP contribution in [0.15, 0.2) is 52.9 Å². The van der Waals surface area contributed by atoms with E-state index < -0.39 is 11.8 Å². The molecule has 1 aliphatic rings. The van der Waals surface area contributed by atoms with Crippen LogP contribution in [0.3, 0.4) is 0 Å². The van der Waals surface area contributed by atoms with E-state index in [1.54, 1.807) is 6.07 Å². The predicted octanol–water partition coefficient (Wildman–Crippen LogP) is 3.11. The first kappa shape index (κ1) is 19.0. The van der Waals surface area contributed by atoms with Crippen LogP contribution in [0, 0.1) is 12.8 Å². The Balaban J connectivity index is 1.25. The zero-order valence-electron chi connectivity index (χ0n) is 16.4. The van der Waals surface area contributed by atoms with Gasteiger partial charge in [0, 0.05) is 25.3 Å². The molecule has 0 bridgehead atoms. The van der Waals surface area contributed by atoms with Crippen molar-refractivity contribution in [3.05, 3.63) is 54.1 Å². The van der Waals surface area contributed by atoms with Gasteiger partial charge in [-0.25, -0.2) is 0 Å². The van der Waals surface area contributed by atoms with Gasteiger partial charge in [0.05, 0.1) is 0 Å². The molecular formula is C22H24N4O3. The number of para-hydroxylation sites is 3. The lowest BCUT2D eigenvalue weighted by Gasteiger charge is -2.30. The van der Waals surface area contributed by atoms with Crippen molar-refractivity contribution in [3.8, 4) is 0 Å². The summed E-state index contributed by atoms with van der Waals surface area (Å²) >= 11 is 0. The molecule has 2 heterocycles. The zero-order chi connectivity index (χ0) is 20.2. The van der Waals surface area contributed by atoms with Crippen LogP contribution < -0.4 is 15.5 Å². The summed E-state index contributed by atoms with van der Waals surface area (Å²) in [4.78, 5) is 30.9. The van der Waals surface area contributed by atoms with Gasteiger partial charge in [-0.3, -0.25) is 9.59 Å². The van der Waals surface area contributed by atoms with Gasteiger partial charge in [-0.2, -0.15) is 4.98 Å². The van der Waals surface area contributed by atoms with E-state index in [2.05, 4.69) is 20.5 Å². The number of benzene rings is 2. The minimum absolute atomic E-state index is 0.325. The third-order valence-electron chi connectivity index (χ3n) is 5.32. The molecule has 4 rings (SSSR count). The number of oxazole rings is 1. The minimum Gasteiger partial charge on any atom is -0.423 e. The number of nitrogens with zero attached hydrogens (tertiary/aromatic N) is 2. The predicted molar refractivity (Wildman–Crippen MR) is 112 cm³/mol. The van der Waals surface area contributed by atoms with Crippen LogP contribution in [0.4, 0.5) is 11.7 Å². The highest BCUT2D eigenvalue weighted by atomic mass is 16.4. The van der Waals surface area contributed by atoms with Gasteiger partial charge in [0.1, 0.15) is 5.52 Å². The van der Waals surface area contributed by atoms with Crippen LogP contribution in [0.5, 0.6) is 0 Å². The molecule has 7 nitrogen and oxygen atoms in total. The Hall–Kier alpha value is -3.35. The Bertz CT molecular complexity index is 989. The highest BCUT2D eigenvalue weighted by Crippen LogP contribution is 2.26. The van der Waals surface area contributed by atoms with E-state index in [4.69, 9.17) is 4.42 Å². The molecule has 0 unspecified atom stereocenters. The monoisotopic (exact) mass is 392 g/mol. The number of fused-ring (bicyclic) bond motifs is 1. The van der Waals surface area contributed by atoms with Crippen LogP contribution in [0.2, 0.25) is 0 Å². The molecule has 0 spiro atoms. The third-order valence-corrected chi connectivity index (χ3v) is 5.32. The summed E-state index contributed by atoms with van der Waals surface area (Å²) < 4.78 is 5.83. The number of aromatic nitrogens is 1.